The summed E-state index contributed by atoms with van der Waals surface area (Å²) in [5, 5.41) is 0. The predicted octanol–water partition coefficient (Wildman–Crippen LogP) is 1.85. The Morgan fingerprint density at radius 2 is 2.29 bits per heavy atom. The summed E-state index contributed by atoms with van der Waals surface area (Å²) < 4.78 is 12.8. The molecule has 0 saturated heterocycles. The molecule has 1 aromatic heterocycles. The maximum atomic E-state index is 12.8. The van der Waals surface area contributed by atoms with Crippen LogP contribution in [0.25, 0.3) is 0 Å². The third kappa shape index (κ3) is 2.00. The molecule has 0 unspecified atom stereocenters. The normalized spacial score (nSPS) is 16.4. The Bertz CT molecular complexity index is 312. The van der Waals surface area contributed by atoms with Gasteiger partial charge in [0.05, 0.1) is 0 Å². The fourth-order valence-electron chi connectivity index (χ4n) is 1.69. The van der Waals surface area contributed by atoms with E-state index >= 15 is 0 Å². The number of nitrogens with zero attached hydrogens (tertiary/aromatic N) is 3. The van der Waals surface area contributed by atoms with E-state index in [1.54, 1.807) is 0 Å². The average molecular weight is 195 g/mol. The van der Waals surface area contributed by atoms with Gasteiger partial charge in [0, 0.05) is 19.7 Å². The topological polar surface area (TPSA) is 29.0 Å². The van der Waals surface area contributed by atoms with Crippen molar-refractivity contribution in [1.82, 2.24) is 9.97 Å². The molecular formula is C10H14FN3. The van der Waals surface area contributed by atoms with Crippen LogP contribution in [-0.2, 0) is 0 Å². The number of anilines is 1. The van der Waals surface area contributed by atoms with E-state index in [9.17, 15) is 4.39 Å². The highest BCUT2D eigenvalue weighted by Crippen LogP contribution is 2.27. The molecule has 4 heteroatoms. The summed E-state index contributed by atoms with van der Waals surface area (Å²) >= 11 is 0. The van der Waals surface area contributed by atoms with Gasteiger partial charge in [0.15, 0.2) is 0 Å². The Morgan fingerprint density at radius 3 is 2.86 bits per heavy atom. The van der Waals surface area contributed by atoms with Gasteiger partial charge >= 0.3 is 0 Å². The van der Waals surface area contributed by atoms with Crippen LogP contribution in [0.2, 0.25) is 0 Å². The molecule has 1 aliphatic rings. The van der Waals surface area contributed by atoms with Crippen LogP contribution in [0.15, 0.2) is 12.4 Å². The summed E-state index contributed by atoms with van der Waals surface area (Å²) in [5.41, 5.74) is 0. The van der Waals surface area contributed by atoms with E-state index in [0.717, 1.165) is 12.5 Å². The SMILES string of the molecule is CN(CC1CCC1)c1cc(F)ncn1. The molecule has 0 N–H and O–H groups in total. The standard InChI is InChI=1S/C10H14FN3/c1-14(6-8-3-2-4-8)10-5-9(11)12-7-13-10/h5,7-8H,2-4,6H2,1H3. The van der Waals surface area contributed by atoms with Crippen molar-refractivity contribution in [3.8, 4) is 0 Å². The number of hydrogen-bond acceptors (Lipinski definition) is 3. The molecule has 0 spiro atoms. The smallest absolute Gasteiger partial charge is 0.218 e. The molecule has 0 amide bonds. The third-order valence-electron chi connectivity index (χ3n) is 2.77. The Morgan fingerprint density at radius 1 is 1.50 bits per heavy atom. The van der Waals surface area contributed by atoms with Crippen molar-refractivity contribution in [2.24, 2.45) is 5.92 Å². The largest absolute Gasteiger partial charge is 0.359 e. The molecule has 76 valence electrons. The van der Waals surface area contributed by atoms with Gasteiger partial charge in [-0.2, -0.15) is 4.39 Å². The van der Waals surface area contributed by atoms with E-state index in [2.05, 4.69) is 9.97 Å². The zero-order valence-electron chi connectivity index (χ0n) is 8.28. The van der Waals surface area contributed by atoms with E-state index in [-0.39, 0.29) is 0 Å². The molecule has 0 radical (unpaired) electrons. The summed E-state index contributed by atoms with van der Waals surface area (Å²) in [7, 11) is 1.94. The lowest BCUT2D eigenvalue weighted by Crippen LogP contribution is -2.29. The lowest BCUT2D eigenvalue weighted by atomic mass is 9.85. The second-order valence-corrected chi connectivity index (χ2v) is 3.88. The molecule has 1 saturated carbocycles. The highest BCUT2D eigenvalue weighted by atomic mass is 19.1. The molecule has 2 rings (SSSR count). The van der Waals surface area contributed by atoms with Gasteiger partial charge < -0.3 is 4.90 Å². The number of rotatable bonds is 3. The van der Waals surface area contributed by atoms with Crippen molar-refractivity contribution in [2.45, 2.75) is 19.3 Å². The van der Waals surface area contributed by atoms with Gasteiger partial charge in [-0.25, -0.2) is 9.97 Å². The van der Waals surface area contributed by atoms with Gasteiger partial charge in [0.1, 0.15) is 12.1 Å². The molecule has 1 fully saturated rings. The van der Waals surface area contributed by atoms with Crippen LogP contribution in [0.4, 0.5) is 10.2 Å². The molecule has 0 aliphatic heterocycles. The predicted molar refractivity (Wildman–Crippen MR) is 52.6 cm³/mol. The van der Waals surface area contributed by atoms with E-state index in [1.807, 2.05) is 11.9 Å². The first kappa shape index (κ1) is 9.37. The van der Waals surface area contributed by atoms with Crippen LogP contribution in [0.3, 0.4) is 0 Å². The fourth-order valence-corrected chi connectivity index (χ4v) is 1.69. The summed E-state index contributed by atoms with van der Waals surface area (Å²) in [6.07, 6.45) is 5.17. The van der Waals surface area contributed by atoms with Crippen LogP contribution in [-0.4, -0.2) is 23.6 Å². The number of hydrogen-bond donors (Lipinski definition) is 0. The Balaban J connectivity index is 1.98. The van der Waals surface area contributed by atoms with Gasteiger partial charge in [0.25, 0.3) is 0 Å². The van der Waals surface area contributed by atoms with Gasteiger partial charge in [-0.1, -0.05) is 6.42 Å². The van der Waals surface area contributed by atoms with Crippen LogP contribution in [0.5, 0.6) is 0 Å². The van der Waals surface area contributed by atoms with E-state index in [4.69, 9.17) is 0 Å². The Kier molecular flexibility index (Phi) is 2.61. The van der Waals surface area contributed by atoms with Gasteiger partial charge in [-0.15, -0.1) is 0 Å². The zero-order valence-corrected chi connectivity index (χ0v) is 8.28. The summed E-state index contributed by atoms with van der Waals surface area (Å²) in [6.45, 7) is 0.969. The van der Waals surface area contributed by atoms with Crippen molar-refractivity contribution in [1.29, 1.82) is 0 Å². The number of aromatic nitrogens is 2. The molecule has 14 heavy (non-hydrogen) atoms. The van der Waals surface area contributed by atoms with E-state index in [1.165, 1.54) is 31.7 Å². The molecular weight excluding hydrogens is 181 g/mol. The van der Waals surface area contributed by atoms with Crippen molar-refractivity contribution >= 4 is 5.82 Å². The second-order valence-electron chi connectivity index (χ2n) is 3.88. The van der Waals surface area contributed by atoms with Gasteiger partial charge in [-0.05, 0) is 18.8 Å². The third-order valence-corrected chi connectivity index (χ3v) is 2.77. The van der Waals surface area contributed by atoms with Crippen molar-refractivity contribution < 1.29 is 4.39 Å². The fraction of sp³-hybridized carbons (Fsp3) is 0.600. The number of halogens is 1. The minimum absolute atomic E-state index is 0.463. The van der Waals surface area contributed by atoms with Crippen molar-refractivity contribution in [3.05, 3.63) is 18.3 Å². The van der Waals surface area contributed by atoms with Gasteiger partial charge in [0.2, 0.25) is 5.95 Å². The van der Waals surface area contributed by atoms with Crippen LogP contribution in [0.1, 0.15) is 19.3 Å². The first-order valence-corrected chi connectivity index (χ1v) is 4.94. The first-order chi connectivity index (χ1) is 6.75. The molecule has 1 heterocycles. The van der Waals surface area contributed by atoms with Gasteiger partial charge in [-0.3, -0.25) is 0 Å². The molecule has 0 atom stereocenters. The average Bonchev–Trinajstić information content (AvgIpc) is 2.11. The van der Waals surface area contributed by atoms with Crippen LogP contribution in [0, 0.1) is 11.9 Å². The minimum atomic E-state index is -0.463. The maximum Gasteiger partial charge on any atom is 0.218 e. The lowest BCUT2D eigenvalue weighted by Gasteiger charge is -2.30. The highest BCUT2D eigenvalue weighted by molar-refractivity contribution is 5.35. The maximum absolute atomic E-state index is 12.8. The monoisotopic (exact) mass is 195 g/mol. The molecule has 1 aromatic rings. The van der Waals surface area contributed by atoms with E-state index < -0.39 is 5.95 Å². The highest BCUT2D eigenvalue weighted by Gasteiger charge is 2.19. The van der Waals surface area contributed by atoms with Crippen molar-refractivity contribution in [2.75, 3.05) is 18.5 Å². The molecule has 0 bridgehead atoms. The van der Waals surface area contributed by atoms with Crippen LogP contribution >= 0.6 is 0 Å². The van der Waals surface area contributed by atoms with Crippen LogP contribution < -0.4 is 4.90 Å². The summed E-state index contributed by atoms with van der Waals surface area (Å²) in [4.78, 5) is 9.45. The molecule has 3 nitrogen and oxygen atoms in total. The molecule has 0 aromatic carbocycles. The van der Waals surface area contributed by atoms with Crippen molar-refractivity contribution in [3.63, 3.8) is 0 Å². The molecule has 1 aliphatic carbocycles. The summed E-state index contributed by atoms with van der Waals surface area (Å²) in [5.74, 6) is 0.970. The minimum Gasteiger partial charge on any atom is -0.359 e. The van der Waals surface area contributed by atoms with E-state index in [0.29, 0.717) is 5.82 Å². The first-order valence-electron chi connectivity index (χ1n) is 4.94. The zero-order chi connectivity index (χ0) is 9.97. The summed E-state index contributed by atoms with van der Waals surface area (Å²) in [6, 6.07) is 1.37. The Labute approximate surface area is 83.0 Å². The lowest BCUT2D eigenvalue weighted by molar-refractivity contribution is 0.321. The second kappa shape index (κ2) is 3.90. The Hall–Kier alpha value is -1.19. The quantitative estimate of drug-likeness (QED) is 0.689.